The van der Waals surface area contributed by atoms with Gasteiger partial charge in [0, 0.05) is 11.8 Å². The molecule has 0 saturated carbocycles. The highest BCUT2D eigenvalue weighted by atomic mass is 32.2. The van der Waals surface area contributed by atoms with Crippen LogP contribution in [0.5, 0.6) is 5.75 Å². The smallest absolute Gasteiger partial charge is 0.307 e. The second-order valence-electron chi connectivity index (χ2n) is 6.25. The van der Waals surface area contributed by atoms with Gasteiger partial charge >= 0.3 is 5.97 Å². The van der Waals surface area contributed by atoms with Gasteiger partial charge in [-0.15, -0.1) is 0 Å². The van der Waals surface area contributed by atoms with E-state index in [1.165, 1.54) is 18.2 Å². The number of carboxylic acids is 1. The molecule has 0 aliphatic carbocycles. The fraction of sp³-hybridized carbons (Fsp3) is 0.200. The summed E-state index contributed by atoms with van der Waals surface area (Å²) in [6.07, 6.45) is 3.74. The van der Waals surface area contributed by atoms with E-state index in [1.54, 1.807) is 36.7 Å². The van der Waals surface area contributed by atoms with Crippen LogP contribution in [-0.2, 0) is 21.1 Å². The number of aromatic amines is 1. The Bertz CT molecular complexity index is 1080. The summed E-state index contributed by atoms with van der Waals surface area (Å²) < 4.78 is 31.9. The predicted molar refractivity (Wildman–Crippen MR) is 103 cm³/mol. The van der Waals surface area contributed by atoms with Gasteiger partial charge in [-0.3, -0.25) is 9.89 Å². The molecule has 0 unspecified atom stereocenters. The molecule has 3 rings (SSSR count). The number of sulfone groups is 1. The van der Waals surface area contributed by atoms with Crippen LogP contribution in [-0.4, -0.2) is 36.3 Å². The molecule has 0 radical (unpaired) electrons. The standard InChI is InChI=1S/C20H20N2O5S/c1-2-6-27-17-7-14(9-20(23)24)8-19(11-17)28(25,26)18-5-3-4-15(10-18)16-12-21-22-13-16/h3-5,7-8,10-13H,2,6,9H2,1H3,(H,21,22)(H,23,24). The van der Waals surface area contributed by atoms with E-state index in [2.05, 4.69) is 10.2 Å². The molecule has 1 aromatic heterocycles. The summed E-state index contributed by atoms with van der Waals surface area (Å²) >= 11 is 0. The third-order valence-electron chi connectivity index (χ3n) is 4.05. The number of rotatable bonds is 8. The average Bonchev–Trinajstić information content (AvgIpc) is 3.20. The zero-order chi connectivity index (χ0) is 20.1. The number of hydrogen-bond acceptors (Lipinski definition) is 5. The van der Waals surface area contributed by atoms with Crippen molar-refractivity contribution in [1.82, 2.24) is 10.2 Å². The number of aliphatic carboxylic acids is 1. The van der Waals surface area contributed by atoms with E-state index in [1.807, 2.05) is 6.92 Å². The summed E-state index contributed by atoms with van der Waals surface area (Å²) in [5, 5.41) is 15.7. The van der Waals surface area contributed by atoms with Gasteiger partial charge in [0.05, 0.1) is 29.0 Å². The lowest BCUT2D eigenvalue weighted by molar-refractivity contribution is -0.136. The Hall–Kier alpha value is -3.13. The van der Waals surface area contributed by atoms with Gasteiger partial charge in [0.1, 0.15) is 5.75 Å². The fourth-order valence-electron chi connectivity index (χ4n) is 2.75. The lowest BCUT2D eigenvalue weighted by Gasteiger charge is -2.11. The van der Waals surface area contributed by atoms with Gasteiger partial charge < -0.3 is 9.84 Å². The number of benzene rings is 2. The van der Waals surface area contributed by atoms with Crippen molar-refractivity contribution in [2.24, 2.45) is 0 Å². The van der Waals surface area contributed by atoms with Gasteiger partial charge in [0.25, 0.3) is 0 Å². The van der Waals surface area contributed by atoms with Gasteiger partial charge in [-0.25, -0.2) is 8.42 Å². The van der Waals surface area contributed by atoms with E-state index in [-0.39, 0.29) is 16.2 Å². The average molecular weight is 400 g/mol. The molecule has 0 spiro atoms. The van der Waals surface area contributed by atoms with E-state index in [4.69, 9.17) is 9.84 Å². The van der Waals surface area contributed by atoms with E-state index in [0.717, 1.165) is 12.0 Å². The highest BCUT2D eigenvalue weighted by molar-refractivity contribution is 7.91. The SMILES string of the molecule is CCCOc1cc(CC(=O)O)cc(S(=O)(=O)c2cccc(-c3cn[nH]c3)c2)c1. The zero-order valence-electron chi connectivity index (χ0n) is 15.3. The number of H-pyrrole nitrogens is 1. The number of ether oxygens (including phenoxy) is 1. The molecule has 146 valence electrons. The van der Waals surface area contributed by atoms with Crippen LogP contribution < -0.4 is 4.74 Å². The molecule has 0 saturated heterocycles. The number of carbonyl (C=O) groups is 1. The van der Waals surface area contributed by atoms with Crippen molar-refractivity contribution in [3.63, 3.8) is 0 Å². The normalized spacial score (nSPS) is 11.3. The van der Waals surface area contributed by atoms with Gasteiger partial charge in [-0.1, -0.05) is 19.1 Å². The number of nitrogens with one attached hydrogen (secondary N) is 1. The Morgan fingerprint density at radius 1 is 1.14 bits per heavy atom. The Balaban J connectivity index is 2.05. The first-order valence-corrected chi connectivity index (χ1v) is 10.2. The summed E-state index contributed by atoms with van der Waals surface area (Å²) in [5.74, 6) is -0.705. The third-order valence-corrected chi connectivity index (χ3v) is 5.79. The second kappa shape index (κ2) is 8.26. The van der Waals surface area contributed by atoms with Crippen LogP contribution >= 0.6 is 0 Å². The Morgan fingerprint density at radius 2 is 1.96 bits per heavy atom. The Labute approximate surface area is 162 Å². The maximum absolute atomic E-state index is 13.2. The molecule has 0 fully saturated rings. The largest absolute Gasteiger partial charge is 0.494 e. The fourth-order valence-corrected chi connectivity index (χ4v) is 4.14. The van der Waals surface area contributed by atoms with E-state index < -0.39 is 15.8 Å². The summed E-state index contributed by atoms with van der Waals surface area (Å²) in [7, 11) is -3.86. The molecule has 28 heavy (non-hydrogen) atoms. The minimum Gasteiger partial charge on any atom is -0.494 e. The highest BCUT2D eigenvalue weighted by Crippen LogP contribution is 2.29. The van der Waals surface area contributed by atoms with Gasteiger partial charge in [-0.2, -0.15) is 5.10 Å². The number of hydrogen-bond donors (Lipinski definition) is 2. The third kappa shape index (κ3) is 4.40. The summed E-state index contributed by atoms with van der Waals surface area (Å²) in [6, 6.07) is 10.9. The monoisotopic (exact) mass is 400 g/mol. The summed E-state index contributed by atoms with van der Waals surface area (Å²) in [6.45, 7) is 2.34. The number of aromatic nitrogens is 2. The summed E-state index contributed by atoms with van der Waals surface area (Å²) in [4.78, 5) is 11.2. The van der Waals surface area contributed by atoms with E-state index in [0.29, 0.717) is 23.5 Å². The molecule has 0 bridgehead atoms. The lowest BCUT2D eigenvalue weighted by Crippen LogP contribution is -2.07. The van der Waals surface area contributed by atoms with Gasteiger partial charge in [0.15, 0.2) is 0 Å². The van der Waals surface area contributed by atoms with Crippen molar-refractivity contribution in [3.05, 3.63) is 60.4 Å². The van der Waals surface area contributed by atoms with E-state index >= 15 is 0 Å². The van der Waals surface area contributed by atoms with Crippen LogP contribution in [0.25, 0.3) is 11.1 Å². The van der Waals surface area contributed by atoms with Crippen molar-refractivity contribution in [3.8, 4) is 16.9 Å². The second-order valence-corrected chi connectivity index (χ2v) is 8.20. The predicted octanol–water partition coefficient (Wildman–Crippen LogP) is 3.33. The summed E-state index contributed by atoms with van der Waals surface area (Å²) in [5.41, 5.74) is 1.84. The molecule has 8 heteroatoms. The van der Waals surface area contributed by atoms with Gasteiger partial charge in [-0.05, 0) is 47.9 Å². The van der Waals surface area contributed by atoms with Crippen LogP contribution in [0.2, 0.25) is 0 Å². The van der Waals surface area contributed by atoms with E-state index in [9.17, 15) is 13.2 Å². The maximum atomic E-state index is 13.2. The molecule has 0 aliphatic rings. The molecule has 2 aromatic carbocycles. The quantitative estimate of drug-likeness (QED) is 0.600. The number of nitrogens with zero attached hydrogens (tertiary/aromatic N) is 1. The zero-order valence-corrected chi connectivity index (χ0v) is 16.1. The van der Waals surface area contributed by atoms with Gasteiger partial charge in [0.2, 0.25) is 9.84 Å². The first-order chi connectivity index (χ1) is 13.4. The van der Waals surface area contributed by atoms with Crippen molar-refractivity contribution < 1.29 is 23.1 Å². The minimum absolute atomic E-state index is 0.00157. The Kier molecular flexibility index (Phi) is 5.79. The molecular formula is C20H20N2O5S. The molecule has 0 atom stereocenters. The molecule has 0 aliphatic heterocycles. The molecular weight excluding hydrogens is 380 g/mol. The molecule has 3 aromatic rings. The molecule has 0 amide bonds. The number of carboxylic acid groups (broad SMARTS) is 1. The van der Waals surface area contributed by atoms with Crippen LogP contribution in [0, 0.1) is 0 Å². The highest BCUT2D eigenvalue weighted by Gasteiger charge is 2.21. The van der Waals surface area contributed by atoms with Crippen LogP contribution in [0.4, 0.5) is 0 Å². The molecule has 2 N–H and O–H groups in total. The topological polar surface area (TPSA) is 109 Å². The van der Waals surface area contributed by atoms with Crippen LogP contribution in [0.15, 0.2) is 64.6 Å². The van der Waals surface area contributed by atoms with Crippen molar-refractivity contribution >= 4 is 15.8 Å². The molecule has 7 nitrogen and oxygen atoms in total. The first kappa shape index (κ1) is 19.6. The first-order valence-electron chi connectivity index (χ1n) is 8.73. The van der Waals surface area contributed by atoms with Crippen LogP contribution in [0.3, 0.4) is 0 Å². The van der Waals surface area contributed by atoms with Crippen molar-refractivity contribution in [2.75, 3.05) is 6.61 Å². The Morgan fingerprint density at radius 3 is 2.64 bits per heavy atom. The van der Waals surface area contributed by atoms with Crippen molar-refractivity contribution in [1.29, 1.82) is 0 Å². The molecule has 1 heterocycles. The van der Waals surface area contributed by atoms with Crippen molar-refractivity contribution in [2.45, 2.75) is 29.6 Å². The lowest BCUT2D eigenvalue weighted by atomic mass is 10.1. The van der Waals surface area contributed by atoms with Crippen LogP contribution in [0.1, 0.15) is 18.9 Å². The maximum Gasteiger partial charge on any atom is 0.307 e. The minimum atomic E-state index is -3.86.